The molecule has 5 heteroatoms. The smallest absolute Gasteiger partial charge is 0.165 e. The van der Waals surface area contributed by atoms with E-state index in [0.717, 1.165) is 44.7 Å². The number of nitrogens with zero attached hydrogens (tertiary/aromatic N) is 4. The summed E-state index contributed by atoms with van der Waals surface area (Å²) in [6.07, 6.45) is 0. The van der Waals surface area contributed by atoms with Crippen LogP contribution in [0, 0.1) is 0 Å². The number of hydrogen-bond donors (Lipinski definition) is 0. The molecule has 0 amide bonds. The molecular formula is C42H24N4S. The van der Waals surface area contributed by atoms with Gasteiger partial charge in [0.05, 0.1) is 38.6 Å². The molecule has 0 aliphatic rings. The third-order valence-electron chi connectivity index (χ3n) is 9.68. The van der Waals surface area contributed by atoms with Crippen molar-refractivity contribution in [3.63, 3.8) is 0 Å². The van der Waals surface area contributed by atoms with Crippen molar-refractivity contribution in [3.05, 3.63) is 146 Å². The maximum absolute atomic E-state index is 5.50. The van der Waals surface area contributed by atoms with Crippen LogP contribution >= 0.6 is 11.3 Å². The fourth-order valence-corrected chi connectivity index (χ4v) is 8.92. The van der Waals surface area contributed by atoms with Crippen molar-refractivity contribution in [2.24, 2.45) is 0 Å². The van der Waals surface area contributed by atoms with Crippen LogP contribution in [0.1, 0.15) is 0 Å². The first-order chi connectivity index (χ1) is 23.3. The molecule has 0 atom stereocenters. The first-order valence-electron chi connectivity index (χ1n) is 15.9. The predicted octanol–water partition coefficient (Wildman–Crippen LogP) is 11.3. The summed E-state index contributed by atoms with van der Waals surface area (Å²) in [5.74, 6) is 0.820. The van der Waals surface area contributed by atoms with Crippen LogP contribution in [0.5, 0.6) is 0 Å². The fourth-order valence-electron chi connectivity index (χ4n) is 7.71. The van der Waals surface area contributed by atoms with Crippen LogP contribution in [0.15, 0.2) is 146 Å². The minimum Gasteiger partial charge on any atom is -0.306 e. The summed E-state index contributed by atoms with van der Waals surface area (Å²) >= 11 is 1.83. The summed E-state index contributed by atoms with van der Waals surface area (Å²) in [5.41, 5.74) is 9.39. The molecule has 0 saturated carbocycles. The Morgan fingerprint density at radius 1 is 0.468 bits per heavy atom. The zero-order chi connectivity index (χ0) is 30.6. The number of rotatable bonds is 2. The summed E-state index contributed by atoms with van der Waals surface area (Å²) in [5, 5.41) is 7.42. The van der Waals surface area contributed by atoms with Gasteiger partial charge in [0.15, 0.2) is 5.82 Å². The van der Waals surface area contributed by atoms with Gasteiger partial charge in [0.2, 0.25) is 0 Å². The molecule has 0 aliphatic carbocycles. The van der Waals surface area contributed by atoms with E-state index in [1.54, 1.807) is 0 Å². The van der Waals surface area contributed by atoms with Gasteiger partial charge in [0.25, 0.3) is 0 Å². The molecule has 218 valence electrons. The van der Waals surface area contributed by atoms with Gasteiger partial charge in [-0.15, -0.1) is 11.3 Å². The normalized spacial score (nSPS) is 12.3. The van der Waals surface area contributed by atoms with Crippen LogP contribution in [-0.2, 0) is 0 Å². The SMILES string of the molecule is c1ccc2nc(-n3c4cccc5ccc6c7ccccc7n(c7ccccc73)c6c54)c(-c3cccc4c3sc3ccccc34)nc2c1. The van der Waals surface area contributed by atoms with E-state index in [9.17, 15) is 0 Å². The van der Waals surface area contributed by atoms with Crippen molar-refractivity contribution >= 4 is 91.7 Å². The molecule has 4 nitrogen and oxygen atoms in total. The van der Waals surface area contributed by atoms with E-state index in [-0.39, 0.29) is 0 Å². The van der Waals surface area contributed by atoms with E-state index < -0.39 is 0 Å². The number of benzene rings is 7. The number of para-hydroxylation sites is 5. The summed E-state index contributed by atoms with van der Waals surface area (Å²) in [7, 11) is 0. The standard InChI is InChI=1S/C42H24N4S/c1-5-18-33-26(12-1)28-24-23-25-11-9-21-36-38(25)40(28)45(33)34-19-6-7-20-35(34)46(36)42-39(43-31-16-3-4-17-32(31)44-42)30-15-10-14-29-27-13-2-8-22-37(27)47-41(29)30/h1-24H. The van der Waals surface area contributed by atoms with E-state index in [2.05, 4.69) is 142 Å². The number of hydrogen-bond acceptors (Lipinski definition) is 3. The van der Waals surface area contributed by atoms with Crippen LogP contribution < -0.4 is 0 Å². The Kier molecular flexibility index (Phi) is 4.96. The molecular weight excluding hydrogens is 593 g/mol. The Morgan fingerprint density at radius 3 is 2.04 bits per heavy atom. The summed E-state index contributed by atoms with van der Waals surface area (Å²) in [6.45, 7) is 0. The monoisotopic (exact) mass is 616 g/mol. The largest absolute Gasteiger partial charge is 0.306 e. The van der Waals surface area contributed by atoms with Gasteiger partial charge >= 0.3 is 0 Å². The lowest BCUT2D eigenvalue weighted by Gasteiger charge is -2.16. The molecule has 0 bridgehead atoms. The van der Waals surface area contributed by atoms with Crippen molar-refractivity contribution in [2.75, 3.05) is 0 Å². The third-order valence-corrected chi connectivity index (χ3v) is 10.9. The molecule has 4 heterocycles. The minimum absolute atomic E-state index is 0.820. The van der Waals surface area contributed by atoms with Gasteiger partial charge in [-0.3, -0.25) is 4.57 Å². The molecule has 0 fully saturated rings. The van der Waals surface area contributed by atoms with Gasteiger partial charge in [-0.25, -0.2) is 9.97 Å². The van der Waals surface area contributed by atoms with E-state index in [1.165, 1.54) is 52.8 Å². The number of thiophene rings is 1. The molecule has 7 aromatic carbocycles. The molecule has 47 heavy (non-hydrogen) atoms. The molecule has 4 aromatic heterocycles. The zero-order valence-electron chi connectivity index (χ0n) is 25.1. The Morgan fingerprint density at radius 2 is 1.15 bits per heavy atom. The van der Waals surface area contributed by atoms with Crippen molar-refractivity contribution in [2.45, 2.75) is 0 Å². The molecule has 0 unspecified atom stereocenters. The maximum atomic E-state index is 5.50. The van der Waals surface area contributed by atoms with Crippen LogP contribution in [0.3, 0.4) is 0 Å². The Labute approximate surface area is 272 Å². The molecule has 0 N–H and O–H groups in total. The van der Waals surface area contributed by atoms with Gasteiger partial charge < -0.3 is 4.40 Å². The van der Waals surface area contributed by atoms with E-state index >= 15 is 0 Å². The number of aromatic nitrogens is 4. The molecule has 0 saturated heterocycles. The highest BCUT2D eigenvalue weighted by atomic mass is 32.1. The van der Waals surface area contributed by atoms with Crippen LogP contribution in [0.2, 0.25) is 0 Å². The Hall–Kier alpha value is -6.04. The second-order valence-electron chi connectivity index (χ2n) is 12.2. The molecule has 0 aliphatic heterocycles. The van der Waals surface area contributed by atoms with Crippen LogP contribution in [0.4, 0.5) is 0 Å². The van der Waals surface area contributed by atoms with Gasteiger partial charge in [0.1, 0.15) is 5.69 Å². The van der Waals surface area contributed by atoms with Crippen LogP contribution in [0.25, 0.3) is 97.4 Å². The highest BCUT2D eigenvalue weighted by Gasteiger charge is 2.23. The summed E-state index contributed by atoms with van der Waals surface area (Å²) in [6, 6.07) is 52.1. The molecule has 11 rings (SSSR count). The van der Waals surface area contributed by atoms with Gasteiger partial charge in [-0.2, -0.15) is 0 Å². The molecule has 11 aromatic rings. The highest BCUT2D eigenvalue weighted by molar-refractivity contribution is 7.26. The lowest BCUT2D eigenvalue weighted by Crippen LogP contribution is -2.05. The summed E-state index contributed by atoms with van der Waals surface area (Å²) < 4.78 is 7.31. The highest BCUT2D eigenvalue weighted by Crippen LogP contribution is 2.43. The van der Waals surface area contributed by atoms with Crippen molar-refractivity contribution in [1.82, 2.24) is 18.9 Å². The summed E-state index contributed by atoms with van der Waals surface area (Å²) in [4.78, 5) is 10.9. The average Bonchev–Trinajstić information content (AvgIpc) is 3.64. The Bertz CT molecular complexity index is 3070. The fraction of sp³-hybridized carbons (Fsp3) is 0. The quantitative estimate of drug-likeness (QED) is 0.194. The Balaban J connectivity index is 1.40. The van der Waals surface area contributed by atoms with Gasteiger partial charge in [-0.05, 0) is 47.9 Å². The van der Waals surface area contributed by atoms with E-state index in [1.807, 2.05) is 23.5 Å². The van der Waals surface area contributed by atoms with E-state index in [4.69, 9.17) is 9.97 Å². The van der Waals surface area contributed by atoms with Crippen LogP contribution in [-0.4, -0.2) is 18.9 Å². The second kappa shape index (κ2) is 9.25. The van der Waals surface area contributed by atoms with Crippen molar-refractivity contribution in [3.8, 4) is 17.1 Å². The minimum atomic E-state index is 0.820. The van der Waals surface area contributed by atoms with Crippen molar-refractivity contribution < 1.29 is 0 Å². The predicted molar refractivity (Wildman–Crippen MR) is 198 cm³/mol. The first-order valence-corrected chi connectivity index (χ1v) is 16.7. The maximum Gasteiger partial charge on any atom is 0.165 e. The second-order valence-corrected chi connectivity index (χ2v) is 13.2. The van der Waals surface area contributed by atoms with Gasteiger partial charge in [-0.1, -0.05) is 103 Å². The lowest BCUT2D eigenvalue weighted by molar-refractivity contribution is 1.07. The third kappa shape index (κ3) is 3.36. The topological polar surface area (TPSA) is 35.1 Å². The average molecular weight is 617 g/mol. The number of fused-ring (bicyclic) bond motifs is 9. The lowest BCUT2D eigenvalue weighted by atomic mass is 10.0. The first kappa shape index (κ1) is 25.2. The van der Waals surface area contributed by atoms with E-state index in [0.29, 0.717) is 0 Å². The van der Waals surface area contributed by atoms with Gasteiger partial charge in [0, 0.05) is 41.9 Å². The molecule has 0 radical (unpaired) electrons. The zero-order valence-corrected chi connectivity index (χ0v) is 25.9. The van der Waals surface area contributed by atoms with Crippen molar-refractivity contribution in [1.29, 1.82) is 0 Å². The molecule has 0 spiro atoms.